The standard InChI is InChI=1S/C14H30N2O2/c1-5-16(9-13-7-6-8-18-13)14(10-15,11-17-4)12(2)3/h12-13H,5-11,15H2,1-4H3. The molecule has 0 aliphatic carbocycles. The molecule has 0 aromatic rings. The monoisotopic (exact) mass is 258 g/mol. The third-order valence-electron chi connectivity index (χ3n) is 4.28. The van der Waals surface area contributed by atoms with Gasteiger partial charge in [-0.05, 0) is 25.3 Å². The molecular weight excluding hydrogens is 228 g/mol. The van der Waals surface area contributed by atoms with Gasteiger partial charge in [-0.25, -0.2) is 0 Å². The molecular formula is C14H30N2O2. The van der Waals surface area contributed by atoms with Crippen molar-refractivity contribution in [2.24, 2.45) is 11.7 Å². The molecule has 0 radical (unpaired) electrons. The summed E-state index contributed by atoms with van der Waals surface area (Å²) in [4.78, 5) is 2.46. The van der Waals surface area contributed by atoms with E-state index in [-0.39, 0.29) is 5.54 Å². The Morgan fingerprint density at radius 2 is 2.22 bits per heavy atom. The number of nitrogens with zero attached hydrogens (tertiary/aromatic N) is 1. The number of methoxy groups -OCH3 is 1. The Bertz CT molecular complexity index is 230. The van der Waals surface area contributed by atoms with Crippen molar-refractivity contribution in [2.75, 3.05) is 40.0 Å². The average molecular weight is 258 g/mol. The highest BCUT2D eigenvalue weighted by molar-refractivity contribution is 4.95. The Morgan fingerprint density at radius 1 is 1.50 bits per heavy atom. The first-order valence-electron chi connectivity index (χ1n) is 7.16. The van der Waals surface area contributed by atoms with E-state index in [0.717, 1.165) is 19.7 Å². The van der Waals surface area contributed by atoms with Crippen molar-refractivity contribution in [3.05, 3.63) is 0 Å². The highest BCUT2D eigenvalue weighted by Crippen LogP contribution is 2.26. The molecule has 0 amide bonds. The second-order valence-corrected chi connectivity index (χ2v) is 5.57. The molecule has 2 unspecified atom stereocenters. The lowest BCUT2D eigenvalue weighted by Gasteiger charge is -2.46. The highest BCUT2D eigenvalue weighted by Gasteiger charge is 2.39. The van der Waals surface area contributed by atoms with E-state index >= 15 is 0 Å². The molecule has 2 atom stereocenters. The minimum absolute atomic E-state index is 0.0740. The molecule has 18 heavy (non-hydrogen) atoms. The molecule has 1 heterocycles. The van der Waals surface area contributed by atoms with E-state index in [4.69, 9.17) is 15.2 Å². The van der Waals surface area contributed by atoms with Crippen LogP contribution in [0.2, 0.25) is 0 Å². The molecule has 0 aromatic carbocycles. The molecule has 4 nitrogen and oxygen atoms in total. The number of ether oxygens (including phenoxy) is 2. The minimum atomic E-state index is -0.0740. The Balaban J connectivity index is 2.77. The van der Waals surface area contributed by atoms with Crippen LogP contribution in [-0.4, -0.2) is 56.5 Å². The van der Waals surface area contributed by atoms with Gasteiger partial charge < -0.3 is 15.2 Å². The fourth-order valence-electron chi connectivity index (χ4n) is 2.96. The van der Waals surface area contributed by atoms with E-state index in [9.17, 15) is 0 Å². The molecule has 1 fully saturated rings. The maximum absolute atomic E-state index is 6.08. The molecule has 1 aliphatic rings. The van der Waals surface area contributed by atoms with E-state index in [1.807, 2.05) is 0 Å². The van der Waals surface area contributed by atoms with Crippen molar-refractivity contribution >= 4 is 0 Å². The van der Waals surface area contributed by atoms with E-state index in [1.165, 1.54) is 12.8 Å². The van der Waals surface area contributed by atoms with Crippen molar-refractivity contribution in [3.63, 3.8) is 0 Å². The van der Waals surface area contributed by atoms with Gasteiger partial charge in [0.2, 0.25) is 0 Å². The molecule has 0 bridgehead atoms. The van der Waals surface area contributed by atoms with Crippen molar-refractivity contribution in [1.29, 1.82) is 0 Å². The van der Waals surface area contributed by atoms with Gasteiger partial charge in [0.1, 0.15) is 0 Å². The quantitative estimate of drug-likeness (QED) is 0.716. The van der Waals surface area contributed by atoms with E-state index in [0.29, 0.717) is 25.2 Å². The summed E-state index contributed by atoms with van der Waals surface area (Å²) in [5, 5.41) is 0. The van der Waals surface area contributed by atoms with Crippen molar-refractivity contribution in [2.45, 2.75) is 45.3 Å². The Kier molecular flexibility index (Phi) is 6.57. The van der Waals surface area contributed by atoms with Crippen LogP contribution in [0.5, 0.6) is 0 Å². The largest absolute Gasteiger partial charge is 0.383 e. The van der Waals surface area contributed by atoms with E-state index < -0.39 is 0 Å². The van der Waals surface area contributed by atoms with Gasteiger partial charge in [-0.1, -0.05) is 20.8 Å². The van der Waals surface area contributed by atoms with Gasteiger partial charge in [-0.2, -0.15) is 0 Å². The van der Waals surface area contributed by atoms with Crippen molar-refractivity contribution in [1.82, 2.24) is 4.90 Å². The van der Waals surface area contributed by atoms with Crippen molar-refractivity contribution < 1.29 is 9.47 Å². The zero-order chi connectivity index (χ0) is 13.6. The second-order valence-electron chi connectivity index (χ2n) is 5.57. The predicted octanol–water partition coefficient (Wildman–Crippen LogP) is 1.49. The first-order valence-corrected chi connectivity index (χ1v) is 7.16. The van der Waals surface area contributed by atoms with Crippen molar-refractivity contribution in [3.8, 4) is 0 Å². The highest BCUT2D eigenvalue weighted by atomic mass is 16.5. The van der Waals surface area contributed by atoms with Gasteiger partial charge in [0, 0.05) is 26.8 Å². The summed E-state index contributed by atoms with van der Waals surface area (Å²) in [5.41, 5.74) is 6.01. The summed E-state index contributed by atoms with van der Waals surface area (Å²) in [5.74, 6) is 0.462. The number of nitrogens with two attached hydrogens (primary N) is 1. The van der Waals surface area contributed by atoms with Crippen LogP contribution >= 0.6 is 0 Å². The molecule has 2 N–H and O–H groups in total. The molecule has 1 saturated heterocycles. The van der Waals surface area contributed by atoms with E-state index in [1.54, 1.807) is 7.11 Å². The second kappa shape index (κ2) is 7.43. The van der Waals surface area contributed by atoms with E-state index in [2.05, 4.69) is 25.7 Å². The molecule has 0 saturated carbocycles. The van der Waals surface area contributed by atoms with Crippen LogP contribution in [0.1, 0.15) is 33.6 Å². The zero-order valence-electron chi connectivity index (χ0n) is 12.4. The SMILES string of the molecule is CCN(CC1CCCO1)C(CN)(COC)C(C)C. The summed E-state index contributed by atoms with van der Waals surface area (Å²) >= 11 is 0. The summed E-state index contributed by atoms with van der Waals surface area (Å²) in [7, 11) is 1.76. The molecule has 108 valence electrons. The van der Waals surface area contributed by atoms with Crippen LogP contribution in [0.3, 0.4) is 0 Å². The maximum atomic E-state index is 6.08. The predicted molar refractivity (Wildman–Crippen MR) is 74.7 cm³/mol. The smallest absolute Gasteiger partial charge is 0.0703 e. The number of hydrogen-bond acceptors (Lipinski definition) is 4. The molecule has 0 aromatic heterocycles. The Hall–Kier alpha value is -0.160. The normalized spacial score (nSPS) is 23.8. The van der Waals surface area contributed by atoms with Crippen LogP contribution < -0.4 is 5.73 Å². The first-order chi connectivity index (χ1) is 8.60. The Labute approximate surface area is 112 Å². The van der Waals surface area contributed by atoms with Crippen LogP contribution in [0.25, 0.3) is 0 Å². The summed E-state index contributed by atoms with van der Waals surface area (Å²) < 4.78 is 11.2. The summed E-state index contributed by atoms with van der Waals surface area (Å²) in [6, 6.07) is 0. The van der Waals surface area contributed by atoms with Gasteiger partial charge in [-0.15, -0.1) is 0 Å². The van der Waals surface area contributed by atoms with Gasteiger partial charge in [0.25, 0.3) is 0 Å². The van der Waals surface area contributed by atoms with Crippen LogP contribution in [-0.2, 0) is 9.47 Å². The topological polar surface area (TPSA) is 47.7 Å². The van der Waals surface area contributed by atoms with Crippen LogP contribution in [0.15, 0.2) is 0 Å². The lowest BCUT2D eigenvalue weighted by molar-refractivity contribution is -0.0387. The number of hydrogen-bond donors (Lipinski definition) is 1. The zero-order valence-corrected chi connectivity index (χ0v) is 12.4. The van der Waals surface area contributed by atoms with Gasteiger partial charge in [0.15, 0.2) is 0 Å². The van der Waals surface area contributed by atoms with Crippen LogP contribution in [0.4, 0.5) is 0 Å². The van der Waals surface area contributed by atoms with Gasteiger partial charge in [-0.3, -0.25) is 4.90 Å². The first kappa shape index (κ1) is 15.9. The van der Waals surface area contributed by atoms with Gasteiger partial charge in [0.05, 0.1) is 18.2 Å². The fourth-order valence-corrected chi connectivity index (χ4v) is 2.96. The molecule has 0 spiro atoms. The lowest BCUT2D eigenvalue weighted by atomic mass is 9.84. The maximum Gasteiger partial charge on any atom is 0.0703 e. The average Bonchev–Trinajstić information content (AvgIpc) is 2.86. The molecule has 4 heteroatoms. The van der Waals surface area contributed by atoms with Crippen LogP contribution in [0, 0.1) is 5.92 Å². The fraction of sp³-hybridized carbons (Fsp3) is 1.00. The molecule has 1 rings (SSSR count). The van der Waals surface area contributed by atoms with Gasteiger partial charge >= 0.3 is 0 Å². The molecule has 1 aliphatic heterocycles. The number of rotatable bonds is 8. The number of likely N-dealkylation sites (N-methyl/N-ethyl adjacent to an activating group) is 1. The Morgan fingerprint density at radius 3 is 2.61 bits per heavy atom. The summed E-state index contributed by atoms with van der Waals surface area (Å²) in [6.07, 6.45) is 2.72. The summed E-state index contributed by atoms with van der Waals surface area (Å²) in [6.45, 7) is 10.8. The third kappa shape index (κ3) is 3.44. The lowest BCUT2D eigenvalue weighted by Crippen LogP contribution is -2.61. The minimum Gasteiger partial charge on any atom is -0.383 e. The third-order valence-corrected chi connectivity index (χ3v) is 4.28.